The van der Waals surface area contributed by atoms with Gasteiger partial charge >= 0.3 is 0 Å². The van der Waals surface area contributed by atoms with Crippen molar-refractivity contribution in [3.05, 3.63) is 64.7 Å². The van der Waals surface area contributed by atoms with Crippen molar-refractivity contribution in [1.82, 2.24) is 4.90 Å². The van der Waals surface area contributed by atoms with E-state index in [4.69, 9.17) is 26.2 Å². The topological polar surface area (TPSA) is 70.0 Å². The lowest BCUT2D eigenvalue weighted by molar-refractivity contribution is -0.122. The highest BCUT2D eigenvalue weighted by atomic mass is 35.5. The minimum Gasteiger partial charge on any atom is -0.489 e. The molecule has 0 amide bonds. The van der Waals surface area contributed by atoms with Gasteiger partial charge in [-0.1, -0.05) is 48.4 Å². The highest BCUT2D eigenvalue weighted by Gasteiger charge is 2.44. The summed E-state index contributed by atoms with van der Waals surface area (Å²) in [5, 5.41) is 18.1. The third kappa shape index (κ3) is 5.75. The van der Waals surface area contributed by atoms with E-state index >= 15 is 0 Å². The molecule has 6 heteroatoms. The van der Waals surface area contributed by atoms with Gasteiger partial charge in [-0.25, -0.2) is 0 Å². The van der Waals surface area contributed by atoms with Crippen molar-refractivity contribution < 1.29 is 19.7 Å². The summed E-state index contributed by atoms with van der Waals surface area (Å²) in [6.45, 7) is 3.27. The second-order valence-corrected chi connectivity index (χ2v) is 8.65. The van der Waals surface area contributed by atoms with Crippen LogP contribution in [-0.2, 0) is 17.9 Å². The highest BCUT2D eigenvalue weighted by molar-refractivity contribution is 6.30. The molecule has 2 atom stereocenters. The van der Waals surface area contributed by atoms with Crippen LogP contribution < -0.4 is 4.74 Å². The van der Waals surface area contributed by atoms with Crippen LogP contribution in [0.1, 0.15) is 43.2 Å². The largest absolute Gasteiger partial charge is 0.489 e. The van der Waals surface area contributed by atoms with Gasteiger partial charge in [-0.15, -0.1) is 0 Å². The summed E-state index contributed by atoms with van der Waals surface area (Å²) in [5.74, 6) is 0.944. The molecule has 2 aromatic rings. The van der Waals surface area contributed by atoms with E-state index in [1.165, 1.54) is 24.8 Å². The predicted octanol–water partition coefficient (Wildman–Crippen LogP) is 4.75. The molecule has 2 aliphatic rings. The first-order valence-electron chi connectivity index (χ1n) is 10.5. The summed E-state index contributed by atoms with van der Waals surface area (Å²) in [6, 6.07) is 16.1. The van der Waals surface area contributed by atoms with Crippen LogP contribution in [0.25, 0.3) is 0 Å². The molecular weight excluding hydrogens is 402 g/mol. The molecule has 1 saturated heterocycles. The third-order valence-electron chi connectivity index (χ3n) is 6.22. The number of carboxylic acid groups (broad SMARTS) is 1. The van der Waals surface area contributed by atoms with E-state index in [0.29, 0.717) is 6.61 Å². The van der Waals surface area contributed by atoms with E-state index in [0.717, 1.165) is 48.8 Å². The van der Waals surface area contributed by atoms with E-state index in [2.05, 4.69) is 23.1 Å². The molecule has 2 fully saturated rings. The number of nitrogens with zero attached hydrogens (tertiary/aromatic N) is 1. The van der Waals surface area contributed by atoms with Crippen molar-refractivity contribution in [2.24, 2.45) is 5.41 Å². The first-order chi connectivity index (χ1) is 14.6. The van der Waals surface area contributed by atoms with Gasteiger partial charge in [-0.3, -0.25) is 9.69 Å². The average molecular weight is 432 g/mol. The molecule has 30 heavy (non-hydrogen) atoms. The third-order valence-corrected chi connectivity index (χ3v) is 6.47. The molecule has 2 N–H and O–H groups in total. The second kappa shape index (κ2) is 10.8. The van der Waals surface area contributed by atoms with Gasteiger partial charge in [-0.05, 0) is 56.0 Å². The molecule has 0 aromatic heterocycles. The van der Waals surface area contributed by atoms with Crippen molar-refractivity contribution in [3.8, 4) is 5.75 Å². The van der Waals surface area contributed by atoms with E-state index < -0.39 is 0 Å². The standard InChI is InChI=1S/C23H28ClNO2.CH2O2/c24-20-10-8-18(9-11-20)16-27-21-6-2-1-5-19(21)15-25-14-4-13-23(17-25)12-3-7-22(23)26;2-1-3/h1-2,5-6,8-11,22,26H,3-4,7,12-17H2;1H,(H,2,3)/t22-,23-;/m1./s1. The van der Waals surface area contributed by atoms with Gasteiger partial charge < -0.3 is 14.9 Å². The van der Waals surface area contributed by atoms with Crippen LogP contribution in [0.2, 0.25) is 5.02 Å². The van der Waals surface area contributed by atoms with E-state index in [-0.39, 0.29) is 18.0 Å². The zero-order valence-electron chi connectivity index (χ0n) is 17.2. The molecule has 1 aliphatic carbocycles. The first-order valence-corrected chi connectivity index (χ1v) is 10.9. The summed E-state index contributed by atoms with van der Waals surface area (Å²) >= 11 is 5.96. The second-order valence-electron chi connectivity index (χ2n) is 8.21. The van der Waals surface area contributed by atoms with E-state index in [9.17, 15) is 5.11 Å². The normalized spacial score (nSPS) is 23.6. The predicted molar refractivity (Wildman–Crippen MR) is 118 cm³/mol. The Labute approximate surface area is 183 Å². The average Bonchev–Trinajstić information content (AvgIpc) is 3.08. The Bertz CT molecular complexity index is 813. The zero-order chi connectivity index (χ0) is 21.4. The fourth-order valence-corrected chi connectivity index (χ4v) is 4.87. The van der Waals surface area contributed by atoms with Crippen molar-refractivity contribution >= 4 is 18.1 Å². The van der Waals surface area contributed by atoms with Gasteiger partial charge in [0, 0.05) is 29.1 Å². The quantitative estimate of drug-likeness (QED) is 0.668. The number of piperidine rings is 1. The first kappa shape index (κ1) is 22.6. The molecule has 1 saturated carbocycles. The van der Waals surface area contributed by atoms with Crippen LogP contribution >= 0.6 is 11.6 Å². The summed E-state index contributed by atoms with van der Waals surface area (Å²) in [6.07, 6.45) is 5.50. The molecule has 1 spiro atoms. The van der Waals surface area contributed by atoms with Gasteiger partial charge in [0.1, 0.15) is 12.4 Å². The van der Waals surface area contributed by atoms with Crippen molar-refractivity contribution in [2.45, 2.75) is 51.4 Å². The van der Waals surface area contributed by atoms with Crippen molar-refractivity contribution in [3.63, 3.8) is 0 Å². The van der Waals surface area contributed by atoms with Crippen molar-refractivity contribution in [2.75, 3.05) is 13.1 Å². The number of ether oxygens (including phenoxy) is 1. The molecule has 0 unspecified atom stereocenters. The van der Waals surface area contributed by atoms with Gasteiger partial charge in [0.05, 0.1) is 6.10 Å². The number of benzene rings is 2. The van der Waals surface area contributed by atoms with Gasteiger partial charge in [0.25, 0.3) is 6.47 Å². The Kier molecular flexibility index (Phi) is 8.14. The fraction of sp³-hybridized carbons (Fsp3) is 0.458. The van der Waals surface area contributed by atoms with Gasteiger partial charge in [-0.2, -0.15) is 0 Å². The summed E-state index contributed by atoms with van der Waals surface area (Å²) in [4.78, 5) is 10.9. The number of halogens is 1. The van der Waals surface area contributed by atoms with E-state index in [1.807, 2.05) is 30.3 Å². The summed E-state index contributed by atoms with van der Waals surface area (Å²) in [7, 11) is 0. The van der Waals surface area contributed by atoms with Crippen LogP contribution in [0.3, 0.4) is 0 Å². The number of aliphatic hydroxyl groups is 1. The van der Waals surface area contributed by atoms with E-state index in [1.54, 1.807) is 0 Å². The van der Waals surface area contributed by atoms with Crippen LogP contribution in [0, 0.1) is 5.41 Å². The molecule has 1 heterocycles. The monoisotopic (exact) mass is 431 g/mol. The van der Waals surface area contributed by atoms with Crippen LogP contribution in [0.5, 0.6) is 5.75 Å². The number of para-hydroxylation sites is 1. The lowest BCUT2D eigenvalue weighted by Gasteiger charge is -2.42. The van der Waals surface area contributed by atoms with Crippen molar-refractivity contribution in [1.29, 1.82) is 0 Å². The number of hydrogen-bond acceptors (Lipinski definition) is 4. The Hall–Kier alpha value is -2.08. The maximum atomic E-state index is 10.5. The number of carbonyl (C=O) groups is 1. The van der Waals surface area contributed by atoms with Gasteiger partial charge in [0.15, 0.2) is 0 Å². The summed E-state index contributed by atoms with van der Waals surface area (Å²) in [5.41, 5.74) is 2.45. The minimum absolute atomic E-state index is 0.122. The molecule has 4 rings (SSSR count). The molecule has 1 aliphatic heterocycles. The minimum atomic E-state index is -0.250. The molecular formula is C24H30ClNO4. The lowest BCUT2D eigenvalue weighted by atomic mass is 9.76. The highest BCUT2D eigenvalue weighted by Crippen LogP contribution is 2.45. The Morgan fingerprint density at radius 1 is 1.13 bits per heavy atom. The molecule has 2 aromatic carbocycles. The molecule has 0 radical (unpaired) electrons. The maximum absolute atomic E-state index is 10.5. The molecule has 5 nitrogen and oxygen atoms in total. The zero-order valence-corrected chi connectivity index (χ0v) is 17.9. The van der Waals surface area contributed by atoms with Crippen LogP contribution in [-0.4, -0.2) is 40.8 Å². The lowest BCUT2D eigenvalue weighted by Crippen LogP contribution is -2.46. The number of hydrogen-bond donors (Lipinski definition) is 2. The number of rotatable bonds is 5. The maximum Gasteiger partial charge on any atom is 0.290 e. The molecule has 0 bridgehead atoms. The molecule has 162 valence electrons. The Balaban J connectivity index is 0.000000806. The smallest absolute Gasteiger partial charge is 0.290 e. The number of aliphatic hydroxyl groups excluding tert-OH is 1. The fourth-order valence-electron chi connectivity index (χ4n) is 4.75. The Morgan fingerprint density at radius 3 is 2.53 bits per heavy atom. The van der Waals surface area contributed by atoms with Crippen LogP contribution in [0.4, 0.5) is 0 Å². The Morgan fingerprint density at radius 2 is 1.83 bits per heavy atom. The van der Waals surface area contributed by atoms with Gasteiger partial charge in [0.2, 0.25) is 0 Å². The summed E-state index contributed by atoms with van der Waals surface area (Å²) < 4.78 is 6.12. The SMILES string of the molecule is O=CO.O[C@@H]1CCC[C@]12CCCN(Cc1ccccc1OCc1ccc(Cl)cc1)C2. The van der Waals surface area contributed by atoms with Crippen LogP contribution in [0.15, 0.2) is 48.5 Å². The number of likely N-dealkylation sites (tertiary alicyclic amines) is 1.